The smallest absolute Gasteiger partial charge is 0.475 e. The maximum absolute atomic E-state index is 11.5. The molecule has 0 radical (unpaired) electrons. The average molecular weight is 400 g/mol. The molecule has 0 saturated carbocycles. The average Bonchev–Trinajstić information content (AvgIpc) is 3.05. The van der Waals surface area contributed by atoms with Gasteiger partial charge in [0.1, 0.15) is 5.52 Å². The first-order chi connectivity index (χ1) is 13.0. The number of carboxylic acid groups (broad SMARTS) is 1. The summed E-state index contributed by atoms with van der Waals surface area (Å²) in [5.74, 6) is -3.18. The molecule has 3 rings (SSSR count). The minimum absolute atomic E-state index is 0.370. The SMILES string of the molecule is CC(C)N1CCCC(n2cc3cccc(C(N)=O)c3n2)C1.O=C(O)C(F)(F)F. The van der Waals surface area contributed by atoms with Crippen LogP contribution in [0.25, 0.3) is 10.9 Å². The normalized spacial score (nSPS) is 18.0. The van der Waals surface area contributed by atoms with Crippen LogP contribution in [0.4, 0.5) is 13.2 Å². The predicted molar refractivity (Wildman–Crippen MR) is 96.9 cm³/mol. The number of hydrogen-bond donors (Lipinski definition) is 2. The number of rotatable bonds is 3. The fourth-order valence-corrected chi connectivity index (χ4v) is 3.12. The van der Waals surface area contributed by atoms with Gasteiger partial charge in [-0.2, -0.15) is 18.3 Å². The largest absolute Gasteiger partial charge is 0.490 e. The molecule has 1 aromatic carbocycles. The maximum atomic E-state index is 11.5. The molecule has 2 heterocycles. The van der Waals surface area contributed by atoms with Crippen molar-refractivity contribution < 1.29 is 27.9 Å². The number of benzene rings is 1. The molecule has 0 aliphatic carbocycles. The topological polar surface area (TPSA) is 101 Å². The van der Waals surface area contributed by atoms with Gasteiger partial charge in [0.05, 0.1) is 11.6 Å². The van der Waals surface area contributed by atoms with Crippen LogP contribution in [0, 0.1) is 0 Å². The minimum Gasteiger partial charge on any atom is -0.475 e. The van der Waals surface area contributed by atoms with Gasteiger partial charge in [-0.05, 0) is 39.3 Å². The number of halogens is 3. The van der Waals surface area contributed by atoms with Crippen molar-refractivity contribution in [3.63, 3.8) is 0 Å². The lowest BCUT2D eigenvalue weighted by Crippen LogP contribution is -2.40. The Labute approximate surface area is 159 Å². The Hall–Kier alpha value is -2.62. The number of fused-ring (bicyclic) bond motifs is 1. The number of likely N-dealkylation sites (tertiary alicyclic amines) is 1. The Bertz CT molecular complexity index is 848. The number of aliphatic carboxylic acids is 1. The highest BCUT2D eigenvalue weighted by Crippen LogP contribution is 2.25. The summed E-state index contributed by atoms with van der Waals surface area (Å²) in [4.78, 5) is 22.9. The number of nitrogens with two attached hydrogens (primary N) is 1. The molecule has 28 heavy (non-hydrogen) atoms. The number of alkyl halides is 3. The van der Waals surface area contributed by atoms with Crippen LogP contribution in [0.3, 0.4) is 0 Å². The third-order valence-corrected chi connectivity index (χ3v) is 4.59. The number of piperidine rings is 1. The van der Waals surface area contributed by atoms with E-state index in [1.165, 1.54) is 6.42 Å². The molecule has 2 aromatic rings. The molecule has 1 saturated heterocycles. The van der Waals surface area contributed by atoms with Crippen molar-refractivity contribution in [2.75, 3.05) is 13.1 Å². The van der Waals surface area contributed by atoms with Gasteiger partial charge in [-0.15, -0.1) is 0 Å². The molecule has 1 aromatic heterocycles. The molecule has 1 unspecified atom stereocenters. The minimum atomic E-state index is -5.08. The second-order valence-corrected chi connectivity index (χ2v) is 6.90. The summed E-state index contributed by atoms with van der Waals surface area (Å²) >= 11 is 0. The fourth-order valence-electron chi connectivity index (χ4n) is 3.12. The highest BCUT2D eigenvalue weighted by Gasteiger charge is 2.38. The number of carbonyl (C=O) groups is 2. The summed E-state index contributed by atoms with van der Waals surface area (Å²) in [6, 6.07) is 6.50. The first-order valence-electron chi connectivity index (χ1n) is 8.82. The Morgan fingerprint density at radius 2 is 1.96 bits per heavy atom. The molecule has 154 valence electrons. The van der Waals surface area contributed by atoms with E-state index in [4.69, 9.17) is 15.6 Å². The van der Waals surface area contributed by atoms with E-state index in [1.807, 2.05) is 23.0 Å². The molecule has 1 amide bonds. The van der Waals surface area contributed by atoms with Crippen LogP contribution in [0.5, 0.6) is 0 Å². The van der Waals surface area contributed by atoms with Gasteiger partial charge in [-0.3, -0.25) is 14.4 Å². The third kappa shape index (κ3) is 5.22. The summed E-state index contributed by atoms with van der Waals surface area (Å²) in [6.45, 7) is 6.62. The zero-order valence-electron chi connectivity index (χ0n) is 15.6. The van der Waals surface area contributed by atoms with Crippen molar-refractivity contribution >= 4 is 22.8 Å². The summed E-state index contributed by atoms with van der Waals surface area (Å²) in [6.07, 6.45) is -0.735. The van der Waals surface area contributed by atoms with Crippen LogP contribution in [-0.4, -0.2) is 57.0 Å². The van der Waals surface area contributed by atoms with E-state index in [1.54, 1.807) is 6.07 Å². The summed E-state index contributed by atoms with van der Waals surface area (Å²) in [5, 5.41) is 12.7. The van der Waals surface area contributed by atoms with Gasteiger partial charge >= 0.3 is 12.1 Å². The molecule has 7 nitrogen and oxygen atoms in total. The molecule has 3 N–H and O–H groups in total. The number of nitrogens with zero attached hydrogens (tertiary/aromatic N) is 3. The number of primary amides is 1. The van der Waals surface area contributed by atoms with E-state index in [0.29, 0.717) is 23.2 Å². The van der Waals surface area contributed by atoms with E-state index in [-0.39, 0.29) is 0 Å². The summed E-state index contributed by atoms with van der Waals surface area (Å²) < 4.78 is 33.8. The Morgan fingerprint density at radius 1 is 1.32 bits per heavy atom. The highest BCUT2D eigenvalue weighted by molar-refractivity contribution is 6.04. The molecule has 0 spiro atoms. The first kappa shape index (κ1) is 21.7. The molecule has 10 heteroatoms. The quantitative estimate of drug-likeness (QED) is 0.825. The highest BCUT2D eigenvalue weighted by atomic mass is 19.4. The molecule has 1 fully saturated rings. The first-order valence-corrected chi connectivity index (χ1v) is 8.82. The van der Waals surface area contributed by atoms with Gasteiger partial charge in [0.25, 0.3) is 5.91 Å². The zero-order valence-corrected chi connectivity index (χ0v) is 15.6. The zero-order chi connectivity index (χ0) is 21.1. The van der Waals surface area contributed by atoms with Crippen LogP contribution in [0.2, 0.25) is 0 Å². The lowest BCUT2D eigenvalue weighted by atomic mass is 10.0. The molecule has 1 aliphatic rings. The third-order valence-electron chi connectivity index (χ3n) is 4.59. The van der Waals surface area contributed by atoms with Crippen molar-refractivity contribution in [3.05, 3.63) is 30.0 Å². The molecule has 0 bridgehead atoms. The summed E-state index contributed by atoms with van der Waals surface area (Å²) in [7, 11) is 0. The molecular weight excluding hydrogens is 377 g/mol. The van der Waals surface area contributed by atoms with Crippen molar-refractivity contribution in [1.82, 2.24) is 14.7 Å². The lowest BCUT2D eigenvalue weighted by molar-refractivity contribution is -0.192. The molecule has 1 atom stereocenters. The summed E-state index contributed by atoms with van der Waals surface area (Å²) in [5.41, 5.74) is 6.65. The van der Waals surface area contributed by atoms with Crippen LogP contribution in [0.1, 0.15) is 43.1 Å². The van der Waals surface area contributed by atoms with Gasteiger partial charge in [-0.25, -0.2) is 4.79 Å². The molecule has 1 aliphatic heterocycles. The Morgan fingerprint density at radius 3 is 2.50 bits per heavy atom. The van der Waals surface area contributed by atoms with Crippen molar-refractivity contribution in [2.45, 2.75) is 44.9 Å². The second-order valence-electron chi connectivity index (χ2n) is 6.90. The van der Waals surface area contributed by atoms with Crippen molar-refractivity contribution in [2.24, 2.45) is 5.73 Å². The molecular formula is C18H23F3N4O3. The van der Waals surface area contributed by atoms with Crippen LogP contribution >= 0.6 is 0 Å². The number of aromatic nitrogens is 2. The van der Waals surface area contributed by atoms with E-state index in [9.17, 15) is 18.0 Å². The lowest BCUT2D eigenvalue weighted by Gasteiger charge is -2.35. The predicted octanol–water partition coefficient (Wildman–Crippen LogP) is 2.81. The van der Waals surface area contributed by atoms with E-state index in [0.717, 1.165) is 24.9 Å². The van der Waals surface area contributed by atoms with Crippen LogP contribution in [0.15, 0.2) is 24.4 Å². The van der Waals surface area contributed by atoms with Crippen LogP contribution < -0.4 is 5.73 Å². The van der Waals surface area contributed by atoms with Crippen LogP contribution in [-0.2, 0) is 4.79 Å². The van der Waals surface area contributed by atoms with Gasteiger partial charge in [0.15, 0.2) is 0 Å². The van der Waals surface area contributed by atoms with Crippen molar-refractivity contribution in [1.29, 1.82) is 0 Å². The fraction of sp³-hybridized carbons (Fsp3) is 0.500. The van der Waals surface area contributed by atoms with Gasteiger partial charge in [0, 0.05) is 24.2 Å². The number of carbonyl (C=O) groups excluding carboxylic acids is 1. The van der Waals surface area contributed by atoms with Gasteiger partial charge in [0.2, 0.25) is 0 Å². The van der Waals surface area contributed by atoms with Crippen molar-refractivity contribution in [3.8, 4) is 0 Å². The van der Waals surface area contributed by atoms with E-state index < -0.39 is 18.1 Å². The maximum Gasteiger partial charge on any atom is 0.490 e. The number of carboxylic acids is 1. The monoisotopic (exact) mass is 400 g/mol. The second kappa shape index (κ2) is 8.59. The Balaban J connectivity index is 0.000000345. The standard InChI is InChI=1S/C16H22N4O.C2HF3O2/c1-11(2)19-8-4-6-13(10-19)20-9-12-5-3-7-14(16(17)21)15(12)18-20;3-2(4,5)1(6)7/h3,5,7,9,11,13H,4,6,8,10H2,1-2H3,(H2,17,21);(H,6,7). The number of hydrogen-bond acceptors (Lipinski definition) is 4. The van der Waals surface area contributed by atoms with E-state index in [2.05, 4.69) is 23.8 Å². The Kier molecular flexibility index (Phi) is 6.65. The number of amides is 1. The van der Waals surface area contributed by atoms with Gasteiger partial charge in [-0.1, -0.05) is 12.1 Å². The van der Waals surface area contributed by atoms with Gasteiger partial charge < -0.3 is 10.8 Å². The van der Waals surface area contributed by atoms with E-state index >= 15 is 0 Å².